The number of carboxylic acid groups (broad SMARTS) is 2. The molecule has 0 saturated carbocycles. The second-order valence-corrected chi connectivity index (χ2v) is 3.95. The van der Waals surface area contributed by atoms with E-state index in [0.29, 0.717) is 5.75 Å². The predicted octanol–water partition coefficient (Wildman–Crippen LogP) is -0.138. The van der Waals surface area contributed by atoms with Crippen LogP contribution in [0.1, 0.15) is 19.8 Å². The molecular weight excluding hydrogens is 249 g/mol. The number of rotatable bonds is 4. The van der Waals surface area contributed by atoms with Gasteiger partial charge in [0.1, 0.15) is 11.3 Å². The molecule has 7 heteroatoms. The Labute approximate surface area is 113 Å². The lowest BCUT2D eigenvalue weighted by Crippen LogP contribution is -2.45. The smallest absolute Gasteiger partial charge is 0.323 e. The number of hydrogen-bond acceptors (Lipinski definition) is 4. The lowest BCUT2D eigenvalue weighted by atomic mass is 9.98. The van der Waals surface area contributed by atoms with Crippen LogP contribution >= 0.6 is 0 Å². The first-order chi connectivity index (χ1) is 8.25. The van der Waals surface area contributed by atoms with Gasteiger partial charge >= 0.3 is 11.9 Å². The van der Waals surface area contributed by atoms with E-state index in [2.05, 4.69) is 0 Å². The SMILES string of the molecule is B.CC(N)(CCC(=O)O)C(=O)O.Oc1ccccc1. The fourth-order valence-electron chi connectivity index (χ4n) is 0.902. The molecule has 0 aliphatic heterocycles. The fraction of sp³-hybridized carbons (Fsp3) is 0.333. The van der Waals surface area contributed by atoms with Gasteiger partial charge in [-0.3, -0.25) is 9.59 Å². The van der Waals surface area contributed by atoms with Crippen LogP contribution in [0.4, 0.5) is 0 Å². The van der Waals surface area contributed by atoms with Gasteiger partial charge in [-0.05, 0) is 25.5 Å². The van der Waals surface area contributed by atoms with E-state index in [-0.39, 0.29) is 21.3 Å². The number of phenolic OH excluding ortho intramolecular Hbond substituents is 1. The van der Waals surface area contributed by atoms with Gasteiger partial charge in [0.15, 0.2) is 0 Å². The second kappa shape index (κ2) is 8.99. The van der Waals surface area contributed by atoms with E-state index in [0.717, 1.165) is 0 Å². The molecule has 1 aromatic rings. The third-order valence-electron chi connectivity index (χ3n) is 2.10. The van der Waals surface area contributed by atoms with E-state index < -0.39 is 17.5 Å². The average molecular weight is 269 g/mol. The van der Waals surface area contributed by atoms with Crippen LogP contribution in [-0.4, -0.2) is 41.2 Å². The summed E-state index contributed by atoms with van der Waals surface area (Å²) in [5.74, 6) is -1.90. The largest absolute Gasteiger partial charge is 0.508 e. The van der Waals surface area contributed by atoms with E-state index in [1.54, 1.807) is 24.3 Å². The molecular formula is C12H20BNO5. The van der Waals surface area contributed by atoms with Crippen LogP contribution in [-0.2, 0) is 9.59 Å². The van der Waals surface area contributed by atoms with Gasteiger partial charge in [0.05, 0.1) is 8.41 Å². The maximum atomic E-state index is 10.3. The Morgan fingerprint density at radius 3 is 1.95 bits per heavy atom. The molecule has 6 nitrogen and oxygen atoms in total. The van der Waals surface area contributed by atoms with Gasteiger partial charge < -0.3 is 21.1 Å². The zero-order valence-electron chi connectivity index (χ0n) is 10.0. The molecule has 0 aliphatic rings. The number of nitrogens with two attached hydrogens (primary N) is 1. The van der Waals surface area contributed by atoms with Crippen molar-refractivity contribution in [3.8, 4) is 5.75 Å². The van der Waals surface area contributed by atoms with Crippen LogP contribution in [0.3, 0.4) is 0 Å². The maximum absolute atomic E-state index is 10.3. The number of para-hydroxylation sites is 1. The Kier molecular flexibility index (Phi) is 9.14. The molecule has 19 heavy (non-hydrogen) atoms. The summed E-state index contributed by atoms with van der Waals surface area (Å²) in [5.41, 5.74) is 3.81. The standard InChI is InChI=1S/C6H11NO4.C6H6O.BH3/c1-6(7,5(10)11)3-2-4(8)9;7-6-4-2-1-3-5-6;/h2-3,7H2,1H3,(H,8,9)(H,10,11);1-5,7H;1H3. The highest BCUT2D eigenvalue weighted by Gasteiger charge is 2.27. The van der Waals surface area contributed by atoms with Crippen LogP contribution in [0.5, 0.6) is 5.75 Å². The maximum Gasteiger partial charge on any atom is 0.323 e. The topological polar surface area (TPSA) is 121 Å². The summed E-state index contributed by atoms with van der Waals surface area (Å²) in [6.07, 6.45) is -0.281. The van der Waals surface area contributed by atoms with Gasteiger partial charge in [0.25, 0.3) is 0 Å². The highest BCUT2D eigenvalue weighted by Crippen LogP contribution is 2.08. The van der Waals surface area contributed by atoms with Crippen molar-refractivity contribution >= 4 is 20.4 Å². The summed E-state index contributed by atoms with van der Waals surface area (Å²) in [4.78, 5) is 20.3. The summed E-state index contributed by atoms with van der Waals surface area (Å²) in [5, 5.41) is 25.3. The molecule has 0 radical (unpaired) electrons. The molecule has 106 valence electrons. The number of benzene rings is 1. The first-order valence-corrected chi connectivity index (χ1v) is 5.24. The number of carbonyl (C=O) groups is 2. The molecule has 0 aliphatic carbocycles. The van der Waals surface area contributed by atoms with Crippen molar-refractivity contribution in [3.63, 3.8) is 0 Å². The molecule has 0 bridgehead atoms. The van der Waals surface area contributed by atoms with Crippen molar-refractivity contribution in [2.45, 2.75) is 25.3 Å². The summed E-state index contributed by atoms with van der Waals surface area (Å²) in [7, 11) is 0. The summed E-state index contributed by atoms with van der Waals surface area (Å²) >= 11 is 0. The normalized spacial score (nSPS) is 12.1. The van der Waals surface area contributed by atoms with Gasteiger partial charge in [-0.15, -0.1) is 0 Å². The van der Waals surface area contributed by atoms with Gasteiger partial charge in [-0.2, -0.15) is 0 Å². The van der Waals surface area contributed by atoms with Gasteiger partial charge in [-0.1, -0.05) is 18.2 Å². The Balaban J connectivity index is 0. The van der Waals surface area contributed by atoms with Gasteiger partial charge in [0.2, 0.25) is 0 Å². The zero-order valence-corrected chi connectivity index (χ0v) is 10.0. The molecule has 5 N–H and O–H groups in total. The molecule has 1 aromatic carbocycles. The van der Waals surface area contributed by atoms with E-state index in [1.807, 2.05) is 6.07 Å². The van der Waals surface area contributed by atoms with E-state index in [9.17, 15) is 9.59 Å². The van der Waals surface area contributed by atoms with E-state index in [1.165, 1.54) is 6.92 Å². The van der Waals surface area contributed by atoms with Crippen LogP contribution in [0, 0.1) is 0 Å². The lowest BCUT2D eigenvalue weighted by Gasteiger charge is -2.16. The molecule has 1 unspecified atom stereocenters. The van der Waals surface area contributed by atoms with Crippen LogP contribution in [0.15, 0.2) is 30.3 Å². The van der Waals surface area contributed by atoms with Gasteiger partial charge in [-0.25, -0.2) is 0 Å². The molecule has 0 saturated heterocycles. The van der Waals surface area contributed by atoms with Crippen LogP contribution in [0.25, 0.3) is 0 Å². The first-order valence-electron chi connectivity index (χ1n) is 5.24. The highest BCUT2D eigenvalue weighted by atomic mass is 16.4. The van der Waals surface area contributed by atoms with Crippen molar-refractivity contribution in [2.24, 2.45) is 5.73 Å². The Hall–Kier alpha value is -2.02. The van der Waals surface area contributed by atoms with E-state index in [4.69, 9.17) is 21.1 Å². The molecule has 0 aromatic heterocycles. The molecule has 0 fully saturated rings. The summed E-state index contributed by atoms with van der Waals surface area (Å²) in [6.45, 7) is 1.29. The first kappa shape index (κ1) is 19.3. The second-order valence-electron chi connectivity index (χ2n) is 3.95. The van der Waals surface area contributed by atoms with Crippen molar-refractivity contribution in [2.75, 3.05) is 0 Å². The molecule has 0 heterocycles. The Morgan fingerprint density at radius 1 is 1.21 bits per heavy atom. The zero-order chi connectivity index (χ0) is 14.2. The number of aliphatic carboxylic acids is 2. The number of carboxylic acids is 2. The van der Waals surface area contributed by atoms with Crippen molar-refractivity contribution in [3.05, 3.63) is 30.3 Å². The Morgan fingerprint density at radius 2 is 1.68 bits per heavy atom. The summed E-state index contributed by atoms with van der Waals surface area (Å²) < 4.78 is 0. The van der Waals surface area contributed by atoms with Crippen LogP contribution in [0.2, 0.25) is 0 Å². The van der Waals surface area contributed by atoms with Crippen LogP contribution < -0.4 is 5.73 Å². The quantitative estimate of drug-likeness (QED) is 0.564. The monoisotopic (exact) mass is 269 g/mol. The third kappa shape index (κ3) is 9.67. The molecule has 1 atom stereocenters. The van der Waals surface area contributed by atoms with Crippen molar-refractivity contribution in [1.82, 2.24) is 0 Å². The molecule has 0 amide bonds. The highest BCUT2D eigenvalue weighted by molar-refractivity contribution is 5.78. The fourth-order valence-corrected chi connectivity index (χ4v) is 0.902. The minimum atomic E-state index is -1.43. The minimum Gasteiger partial charge on any atom is -0.508 e. The lowest BCUT2D eigenvalue weighted by molar-refractivity contribution is -0.143. The van der Waals surface area contributed by atoms with Crippen molar-refractivity contribution in [1.29, 1.82) is 0 Å². The summed E-state index contributed by atoms with van der Waals surface area (Å²) in [6, 6.07) is 8.71. The minimum absolute atomic E-state index is 0. The predicted molar refractivity (Wildman–Crippen MR) is 75.1 cm³/mol. The number of phenols is 1. The van der Waals surface area contributed by atoms with E-state index >= 15 is 0 Å². The number of aromatic hydroxyl groups is 1. The van der Waals surface area contributed by atoms with Gasteiger partial charge in [0, 0.05) is 6.42 Å². The molecule has 1 rings (SSSR count). The number of hydrogen-bond donors (Lipinski definition) is 4. The Bertz CT molecular complexity index is 394. The average Bonchev–Trinajstić information content (AvgIpc) is 2.28. The molecule has 0 spiro atoms. The van der Waals surface area contributed by atoms with Crippen molar-refractivity contribution < 1.29 is 24.9 Å². The third-order valence-corrected chi connectivity index (χ3v) is 2.10.